The number of anilines is 1. The van der Waals surface area contributed by atoms with Crippen LogP contribution in [0.25, 0.3) is 11.0 Å². The van der Waals surface area contributed by atoms with Gasteiger partial charge in [0, 0.05) is 30.0 Å². The molecule has 1 fully saturated rings. The van der Waals surface area contributed by atoms with Crippen LogP contribution in [0.5, 0.6) is 0 Å². The standard InChI is InChI=1S/C14H16N4O/c15-14(4-1-5-14)9-13(19)18-10-2-3-11-12(8-10)17-7-6-16-11/h2-3,6-8H,1,4-5,9,15H2,(H,18,19). The van der Waals surface area contributed by atoms with Crippen LogP contribution in [0.1, 0.15) is 25.7 Å². The van der Waals surface area contributed by atoms with Gasteiger partial charge in [0.05, 0.1) is 11.0 Å². The van der Waals surface area contributed by atoms with Gasteiger partial charge in [-0.3, -0.25) is 14.8 Å². The number of nitrogens with zero attached hydrogens (tertiary/aromatic N) is 2. The summed E-state index contributed by atoms with van der Waals surface area (Å²) in [4.78, 5) is 20.3. The SMILES string of the molecule is NC1(CC(=O)Nc2ccc3nccnc3c2)CCC1. The molecule has 0 unspecified atom stereocenters. The zero-order chi connectivity index (χ0) is 13.3. The molecule has 1 saturated carbocycles. The van der Waals surface area contributed by atoms with E-state index >= 15 is 0 Å². The second-order valence-electron chi connectivity index (χ2n) is 5.20. The van der Waals surface area contributed by atoms with Gasteiger partial charge in [0.2, 0.25) is 5.91 Å². The minimum absolute atomic E-state index is 0.0366. The van der Waals surface area contributed by atoms with Crippen LogP contribution in [0.4, 0.5) is 5.69 Å². The van der Waals surface area contributed by atoms with Crippen molar-refractivity contribution in [3.05, 3.63) is 30.6 Å². The number of fused-ring (bicyclic) bond motifs is 1. The van der Waals surface area contributed by atoms with Crippen molar-refractivity contribution in [1.82, 2.24) is 9.97 Å². The molecule has 0 aliphatic heterocycles. The van der Waals surface area contributed by atoms with Gasteiger partial charge in [-0.2, -0.15) is 0 Å². The zero-order valence-electron chi connectivity index (χ0n) is 10.6. The van der Waals surface area contributed by atoms with Crippen LogP contribution in [-0.2, 0) is 4.79 Å². The molecule has 5 nitrogen and oxygen atoms in total. The molecule has 1 aromatic heterocycles. The first-order chi connectivity index (χ1) is 9.15. The molecule has 0 spiro atoms. The van der Waals surface area contributed by atoms with Crippen molar-refractivity contribution in [3.63, 3.8) is 0 Å². The number of carbonyl (C=O) groups excluding carboxylic acids is 1. The van der Waals surface area contributed by atoms with Crippen molar-refractivity contribution in [3.8, 4) is 0 Å². The third-order valence-corrected chi connectivity index (χ3v) is 3.62. The lowest BCUT2D eigenvalue weighted by Gasteiger charge is -2.37. The molecule has 1 heterocycles. The van der Waals surface area contributed by atoms with E-state index in [4.69, 9.17) is 5.73 Å². The van der Waals surface area contributed by atoms with Crippen molar-refractivity contribution in [2.24, 2.45) is 5.73 Å². The van der Waals surface area contributed by atoms with Crippen molar-refractivity contribution < 1.29 is 4.79 Å². The molecule has 1 aromatic carbocycles. The number of hydrogen-bond donors (Lipinski definition) is 2. The molecule has 0 radical (unpaired) electrons. The average molecular weight is 256 g/mol. The van der Waals surface area contributed by atoms with Gasteiger partial charge in [0.1, 0.15) is 0 Å². The summed E-state index contributed by atoms with van der Waals surface area (Å²) in [5.74, 6) is -0.0366. The van der Waals surface area contributed by atoms with Gasteiger partial charge in [-0.05, 0) is 37.5 Å². The number of benzene rings is 1. The van der Waals surface area contributed by atoms with Crippen molar-refractivity contribution in [2.45, 2.75) is 31.2 Å². The molecule has 2 aromatic rings. The quantitative estimate of drug-likeness (QED) is 0.878. The van der Waals surface area contributed by atoms with Crippen molar-refractivity contribution in [1.29, 1.82) is 0 Å². The largest absolute Gasteiger partial charge is 0.326 e. The minimum atomic E-state index is -0.291. The van der Waals surface area contributed by atoms with E-state index in [-0.39, 0.29) is 11.4 Å². The first-order valence-electron chi connectivity index (χ1n) is 6.44. The summed E-state index contributed by atoms with van der Waals surface area (Å²) in [6.45, 7) is 0. The fraction of sp³-hybridized carbons (Fsp3) is 0.357. The number of hydrogen-bond acceptors (Lipinski definition) is 4. The van der Waals surface area contributed by atoms with Crippen LogP contribution in [-0.4, -0.2) is 21.4 Å². The number of amides is 1. The summed E-state index contributed by atoms with van der Waals surface area (Å²) >= 11 is 0. The molecule has 1 amide bonds. The summed E-state index contributed by atoms with van der Waals surface area (Å²) in [7, 11) is 0. The summed E-state index contributed by atoms with van der Waals surface area (Å²) in [5.41, 5.74) is 8.10. The summed E-state index contributed by atoms with van der Waals surface area (Å²) < 4.78 is 0. The van der Waals surface area contributed by atoms with Gasteiger partial charge in [0.15, 0.2) is 0 Å². The van der Waals surface area contributed by atoms with Gasteiger partial charge < -0.3 is 11.1 Å². The Morgan fingerprint density at radius 2 is 2.00 bits per heavy atom. The zero-order valence-corrected chi connectivity index (χ0v) is 10.6. The third-order valence-electron chi connectivity index (χ3n) is 3.62. The van der Waals surface area contributed by atoms with E-state index in [1.165, 1.54) is 0 Å². The van der Waals surface area contributed by atoms with E-state index in [0.717, 1.165) is 36.0 Å². The molecule has 0 bridgehead atoms. The molecule has 19 heavy (non-hydrogen) atoms. The fourth-order valence-corrected chi connectivity index (χ4v) is 2.37. The molecule has 1 aliphatic carbocycles. The van der Waals surface area contributed by atoms with Gasteiger partial charge in [-0.25, -0.2) is 0 Å². The Morgan fingerprint density at radius 3 is 2.68 bits per heavy atom. The molecule has 98 valence electrons. The summed E-state index contributed by atoms with van der Waals surface area (Å²) in [6, 6.07) is 5.50. The van der Waals surface area contributed by atoms with Crippen LogP contribution < -0.4 is 11.1 Å². The predicted octanol–water partition coefficient (Wildman–Crippen LogP) is 1.84. The highest BCUT2D eigenvalue weighted by Crippen LogP contribution is 2.32. The average Bonchev–Trinajstić information content (AvgIpc) is 2.36. The number of aromatic nitrogens is 2. The molecular weight excluding hydrogens is 240 g/mol. The Bertz CT molecular complexity index is 622. The monoisotopic (exact) mass is 256 g/mol. The topological polar surface area (TPSA) is 80.9 Å². The maximum absolute atomic E-state index is 11.9. The smallest absolute Gasteiger partial charge is 0.226 e. The highest BCUT2D eigenvalue weighted by molar-refractivity contribution is 5.93. The summed E-state index contributed by atoms with van der Waals surface area (Å²) in [5, 5.41) is 2.87. The van der Waals surface area contributed by atoms with Gasteiger partial charge in [-0.1, -0.05) is 0 Å². The normalized spacial score (nSPS) is 16.9. The number of rotatable bonds is 3. The van der Waals surface area contributed by atoms with Gasteiger partial charge in [-0.15, -0.1) is 0 Å². The lowest BCUT2D eigenvalue weighted by Crippen LogP contribution is -2.48. The van der Waals surface area contributed by atoms with E-state index in [2.05, 4.69) is 15.3 Å². The second kappa shape index (κ2) is 4.59. The van der Waals surface area contributed by atoms with E-state index in [1.54, 1.807) is 12.4 Å². The van der Waals surface area contributed by atoms with E-state index < -0.39 is 0 Å². The van der Waals surface area contributed by atoms with E-state index in [1.807, 2.05) is 18.2 Å². The Labute approximate surface area is 111 Å². The van der Waals surface area contributed by atoms with E-state index in [9.17, 15) is 4.79 Å². The number of carbonyl (C=O) groups is 1. The predicted molar refractivity (Wildman–Crippen MR) is 73.6 cm³/mol. The lowest BCUT2D eigenvalue weighted by atomic mass is 9.75. The number of nitrogens with one attached hydrogen (secondary N) is 1. The van der Waals surface area contributed by atoms with Crippen LogP contribution in [0.15, 0.2) is 30.6 Å². The minimum Gasteiger partial charge on any atom is -0.326 e. The van der Waals surface area contributed by atoms with Gasteiger partial charge in [0.25, 0.3) is 0 Å². The van der Waals surface area contributed by atoms with Crippen molar-refractivity contribution >= 4 is 22.6 Å². The molecule has 5 heteroatoms. The number of nitrogens with two attached hydrogens (primary N) is 1. The Balaban J connectivity index is 1.72. The first-order valence-corrected chi connectivity index (χ1v) is 6.44. The molecule has 1 aliphatic rings. The Morgan fingerprint density at radius 1 is 1.26 bits per heavy atom. The van der Waals surface area contributed by atoms with E-state index in [0.29, 0.717) is 6.42 Å². The van der Waals surface area contributed by atoms with Crippen LogP contribution in [0.3, 0.4) is 0 Å². The molecule has 3 N–H and O–H groups in total. The maximum atomic E-state index is 11.9. The van der Waals surface area contributed by atoms with Crippen LogP contribution >= 0.6 is 0 Å². The molecule has 0 saturated heterocycles. The van der Waals surface area contributed by atoms with Gasteiger partial charge >= 0.3 is 0 Å². The fourth-order valence-electron chi connectivity index (χ4n) is 2.37. The summed E-state index contributed by atoms with van der Waals surface area (Å²) in [6.07, 6.45) is 6.65. The molecular formula is C14H16N4O. The lowest BCUT2D eigenvalue weighted by molar-refractivity contribution is -0.118. The van der Waals surface area contributed by atoms with Crippen LogP contribution in [0.2, 0.25) is 0 Å². The highest BCUT2D eigenvalue weighted by atomic mass is 16.1. The van der Waals surface area contributed by atoms with Crippen LogP contribution in [0, 0.1) is 0 Å². The maximum Gasteiger partial charge on any atom is 0.226 e. The molecule has 0 atom stereocenters. The molecule has 3 rings (SSSR count). The first kappa shape index (κ1) is 12.0. The Kier molecular flexibility index (Phi) is 2.91. The highest BCUT2D eigenvalue weighted by Gasteiger charge is 2.34. The Hall–Kier alpha value is -2.01. The van der Waals surface area contributed by atoms with Crippen molar-refractivity contribution in [2.75, 3.05) is 5.32 Å². The second-order valence-corrected chi connectivity index (χ2v) is 5.20. The third kappa shape index (κ3) is 2.56.